The summed E-state index contributed by atoms with van der Waals surface area (Å²) < 4.78 is 5.62. The number of hydrogen-bond acceptors (Lipinski definition) is 4. The molecule has 0 radical (unpaired) electrons. The molecule has 2 rings (SSSR count). The number of benzene rings is 1. The minimum Gasteiger partial charge on any atom is -0.491 e. The van der Waals surface area contributed by atoms with Crippen LogP contribution in [0.4, 0.5) is 0 Å². The van der Waals surface area contributed by atoms with E-state index in [9.17, 15) is 5.26 Å². The molecule has 1 aromatic rings. The Bertz CT molecular complexity index is 434. The number of aliphatic hydroxyl groups is 1. The molecule has 4 nitrogen and oxygen atoms in total. The van der Waals surface area contributed by atoms with Gasteiger partial charge in [-0.05, 0) is 37.5 Å². The molecular formula is C14H18N2O2. The van der Waals surface area contributed by atoms with Gasteiger partial charge in [0.2, 0.25) is 0 Å². The number of nitrogens with zero attached hydrogens (tertiary/aromatic N) is 1. The molecule has 0 saturated heterocycles. The molecule has 0 amide bonds. The summed E-state index contributed by atoms with van der Waals surface area (Å²) in [4.78, 5) is 0. The molecule has 1 aliphatic rings. The first kappa shape index (κ1) is 12.9. The highest BCUT2D eigenvalue weighted by atomic mass is 16.5. The van der Waals surface area contributed by atoms with Crippen LogP contribution in [-0.4, -0.2) is 23.3 Å². The summed E-state index contributed by atoms with van der Waals surface area (Å²) in [5, 5.41) is 21.4. The summed E-state index contributed by atoms with van der Waals surface area (Å²) in [7, 11) is 0. The minimum absolute atomic E-state index is 0.0272. The van der Waals surface area contributed by atoms with Gasteiger partial charge in [-0.15, -0.1) is 0 Å². The maximum atomic E-state index is 9.20. The van der Waals surface area contributed by atoms with Crippen LogP contribution in [0.3, 0.4) is 0 Å². The molecule has 2 N–H and O–H groups in total. The van der Waals surface area contributed by atoms with Crippen LogP contribution in [0, 0.1) is 11.3 Å². The second kappa shape index (κ2) is 5.38. The lowest BCUT2D eigenvalue weighted by molar-refractivity contribution is 0.232. The Labute approximate surface area is 107 Å². The Balaban J connectivity index is 1.90. The van der Waals surface area contributed by atoms with Crippen molar-refractivity contribution in [2.45, 2.75) is 38.0 Å². The van der Waals surface area contributed by atoms with Crippen molar-refractivity contribution in [1.29, 1.82) is 5.26 Å². The summed E-state index contributed by atoms with van der Waals surface area (Å²) in [6, 6.07) is 9.97. The zero-order valence-corrected chi connectivity index (χ0v) is 10.5. The van der Waals surface area contributed by atoms with E-state index >= 15 is 0 Å². The van der Waals surface area contributed by atoms with Gasteiger partial charge in [0.15, 0.2) is 0 Å². The van der Waals surface area contributed by atoms with Crippen molar-refractivity contribution >= 4 is 0 Å². The average Bonchev–Trinajstić information content (AvgIpc) is 3.21. The zero-order valence-electron chi connectivity index (χ0n) is 10.5. The SMILES string of the molecule is CC(C#N)(COc1ccc(CO)cc1)NC1CC1. The van der Waals surface area contributed by atoms with E-state index in [1.807, 2.05) is 19.1 Å². The lowest BCUT2D eigenvalue weighted by Gasteiger charge is -2.23. The van der Waals surface area contributed by atoms with Gasteiger partial charge in [-0.3, -0.25) is 5.32 Å². The van der Waals surface area contributed by atoms with E-state index in [1.165, 1.54) is 0 Å². The second-order valence-electron chi connectivity index (χ2n) is 4.95. The molecule has 0 aromatic heterocycles. The first-order chi connectivity index (χ1) is 8.65. The fourth-order valence-electron chi connectivity index (χ4n) is 1.70. The van der Waals surface area contributed by atoms with Gasteiger partial charge >= 0.3 is 0 Å². The van der Waals surface area contributed by atoms with Crippen LogP contribution in [0.15, 0.2) is 24.3 Å². The van der Waals surface area contributed by atoms with Crippen molar-refractivity contribution in [3.05, 3.63) is 29.8 Å². The highest BCUT2D eigenvalue weighted by Gasteiger charge is 2.33. The average molecular weight is 246 g/mol. The standard InChI is InChI=1S/C14H18N2O2/c1-14(9-15,16-12-4-5-12)10-18-13-6-2-11(8-17)3-7-13/h2-3,6-7,12,16-17H,4-5,8,10H2,1H3. The van der Waals surface area contributed by atoms with Crippen molar-refractivity contribution in [2.75, 3.05) is 6.61 Å². The Hall–Kier alpha value is -1.57. The summed E-state index contributed by atoms with van der Waals surface area (Å²) in [6.45, 7) is 2.20. The normalized spacial score (nSPS) is 17.8. The van der Waals surface area contributed by atoms with Crippen molar-refractivity contribution in [2.24, 2.45) is 0 Å². The summed E-state index contributed by atoms with van der Waals surface area (Å²) in [5.41, 5.74) is 0.207. The maximum Gasteiger partial charge on any atom is 0.138 e. The van der Waals surface area contributed by atoms with Gasteiger partial charge in [-0.1, -0.05) is 12.1 Å². The molecular weight excluding hydrogens is 228 g/mol. The van der Waals surface area contributed by atoms with Crippen molar-refractivity contribution < 1.29 is 9.84 Å². The summed E-state index contributed by atoms with van der Waals surface area (Å²) >= 11 is 0. The number of nitrogens with one attached hydrogen (secondary N) is 1. The van der Waals surface area contributed by atoms with Crippen LogP contribution in [0.5, 0.6) is 5.75 Å². The molecule has 0 bridgehead atoms. The largest absolute Gasteiger partial charge is 0.491 e. The third kappa shape index (κ3) is 3.46. The van der Waals surface area contributed by atoms with Gasteiger partial charge in [0.05, 0.1) is 12.7 Å². The Morgan fingerprint density at radius 2 is 2.11 bits per heavy atom. The predicted molar refractivity (Wildman–Crippen MR) is 68.0 cm³/mol. The lowest BCUT2D eigenvalue weighted by atomic mass is 10.1. The molecule has 0 aliphatic heterocycles. The van der Waals surface area contributed by atoms with Gasteiger partial charge in [0, 0.05) is 6.04 Å². The van der Waals surface area contributed by atoms with Crippen LogP contribution in [0.2, 0.25) is 0 Å². The van der Waals surface area contributed by atoms with E-state index in [4.69, 9.17) is 9.84 Å². The first-order valence-corrected chi connectivity index (χ1v) is 6.17. The van der Waals surface area contributed by atoms with Gasteiger partial charge in [0.1, 0.15) is 17.9 Å². The minimum atomic E-state index is -0.642. The van der Waals surface area contributed by atoms with E-state index in [0.29, 0.717) is 18.4 Å². The third-order valence-corrected chi connectivity index (χ3v) is 2.98. The quantitative estimate of drug-likeness (QED) is 0.800. The van der Waals surface area contributed by atoms with Gasteiger partial charge in [0.25, 0.3) is 0 Å². The lowest BCUT2D eigenvalue weighted by Crippen LogP contribution is -2.47. The molecule has 0 heterocycles. The topological polar surface area (TPSA) is 65.3 Å². The fourth-order valence-corrected chi connectivity index (χ4v) is 1.70. The molecule has 96 valence electrons. The van der Waals surface area contributed by atoms with Gasteiger partial charge in [-0.2, -0.15) is 5.26 Å². The van der Waals surface area contributed by atoms with Crippen molar-refractivity contribution in [1.82, 2.24) is 5.32 Å². The van der Waals surface area contributed by atoms with Crippen LogP contribution >= 0.6 is 0 Å². The first-order valence-electron chi connectivity index (χ1n) is 6.17. The van der Waals surface area contributed by atoms with Crippen LogP contribution in [0.1, 0.15) is 25.3 Å². The third-order valence-electron chi connectivity index (χ3n) is 2.98. The molecule has 1 atom stereocenters. The number of rotatable bonds is 6. The number of hydrogen-bond donors (Lipinski definition) is 2. The number of ether oxygens (including phenoxy) is 1. The summed E-state index contributed by atoms with van der Waals surface area (Å²) in [6.07, 6.45) is 2.28. The molecule has 1 saturated carbocycles. The molecule has 1 fully saturated rings. The van der Waals surface area contributed by atoms with E-state index in [0.717, 1.165) is 18.4 Å². The number of nitriles is 1. The van der Waals surface area contributed by atoms with E-state index in [1.54, 1.807) is 12.1 Å². The summed E-state index contributed by atoms with van der Waals surface area (Å²) in [5.74, 6) is 0.714. The monoisotopic (exact) mass is 246 g/mol. The van der Waals surface area contributed by atoms with Crippen LogP contribution in [-0.2, 0) is 6.61 Å². The number of aliphatic hydroxyl groups excluding tert-OH is 1. The highest BCUT2D eigenvalue weighted by molar-refractivity contribution is 5.27. The van der Waals surface area contributed by atoms with Crippen molar-refractivity contribution in [3.63, 3.8) is 0 Å². The molecule has 0 spiro atoms. The Kier molecular flexibility index (Phi) is 3.85. The van der Waals surface area contributed by atoms with E-state index in [-0.39, 0.29) is 6.61 Å². The fraction of sp³-hybridized carbons (Fsp3) is 0.500. The predicted octanol–water partition coefficient (Wildman–Crippen LogP) is 1.59. The molecule has 18 heavy (non-hydrogen) atoms. The molecule has 1 aliphatic carbocycles. The second-order valence-corrected chi connectivity index (χ2v) is 4.95. The molecule has 4 heteroatoms. The Morgan fingerprint density at radius 1 is 1.44 bits per heavy atom. The van der Waals surface area contributed by atoms with Gasteiger partial charge in [-0.25, -0.2) is 0 Å². The Morgan fingerprint density at radius 3 is 2.61 bits per heavy atom. The maximum absolute atomic E-state index is 9.20. The van der Waals surface area contributed by atoms with Gasteiger partial charge < -0.3 is 9.84 Å². The molecule has 1 unspecified atom stereocenters. The highest BCUT2D eigenvalue weighted by Crippen LogP contribution is 2.23. The van der Waals surface area contributed by atoms with Crippen LogP contribution < -0.4 is 10.1 Å². The van der Waals surface area contributed by atoms with E-state index in [2.05, 4.69) is 11.4 Å². The van der Waals surface area contributed by atoms with Crippen LogP contribution in [0.25, 0.3) is 0 Å². The smallest absolute Gasteiger partial charge is 0.138 e. The van der Waals surface area contributed by atoms with Crippen molar-refractivity contribution in [3.8, 4) is 11.8 Å². The molecule has 1 aromatic carbocycles. The zero-order chi connectivity index (χ0) is 13.0. The van der Waals surface area contributed by atoms with E-state index < -0.39 is 5.54 Å².